The van der Waals surface area contributed by atoms with Gasteiger partial charge in [0.15, 0.2) is 0 Å². The molecular formula is C50H31NO2. The number of benzene rings is 9. The van der Waals surface area contributed by atoms with Crippen LogP contribution in [0.4, 0.5) is 17.1 Å². The third-order valence-electron chi connectivity index (χ3n) is 10.6. The lowest BCUT2D eigenvalue weighted by molar-refractivity contribution is 0.669. The average molecular weight is 678 g/mol. The molecule has 53 heavy (non-hydrogen) atoms. The Morgan fingerprint density at radius 1 is 0.321 bits per heavy atom. The zero-order chi connectivity index (χ0) is 34.9. The summed E-state index contributed by atoms with van der Waals surface area (Å²) in [5.74, 6) is 0. The van der Waals surface area contributed by atoms with Gasteiger partial charge in [0.1, 0.15) is 22.3 Å². The van der Waals surface area contributed by atoms with Crippen molar-refractivity contribution in [3.8, 4) is 22.3 Å². The maximum atomic E-state index is 6.84. The van der Waals surface area contributed by atoms with Gasteiger partial charge in [-0.1, -0.05) is 133 Å². The van der Waals surface area contributed by atoms with Crippen LogP contribution in [-0.4, -0.2) is 0 Å². The number of furan rings is 2. The minimum atomic E-state index is 0.881. The molecule has 0 bridgehead atoms. The van der Waals surface area contributed by atoms with Crippen molar-refractivity contribution >= 4 is 82.5 Å². The summed E-state index contributed by atoms with van der Waals surface area (Å²) in [6.07, 6.45) is 0. The number of anilines is 3. The van der Waals surface area contributed by atoms with Crippen LogP contribution in [0, 0.1) is 0 Å². The molecule has 11 rings (SSSR count). The Labute approximate surface area is 305 Å². The molecule has 0 aliphatic heterocycles. The van der Waals surface area contributed by atoms with E-state index in [-0.39, 0.29) is 0 Å². The van der Waals surface area contributed by atoms with E-state index in [1.54, 1.807) is 0 Å². The number of hydrogen-bond donors (Lipinski definition) is 0. The fraction of sp³-hybridized carbons (Fsp3) is 0. The van der Waals surface area contributed by atoms with Gasteiger partial charge < -0.3 is 13.7 Å². The van der Waals surface area contributed by atoms with E-state index >= 15 is 0 Å². The van der Waals surface area contributed by atoms with Crippen molar-refractivity contribution in [1.29, 1.82) is 0 Å². The van der Waals surface area contributed by atoms with Crippen molar-refractivity contribution in [2.24, 2.45) is 0 Å². The fourth-order valence-corrected chi connectivity index (χ4v) is 8.19. The first kappa shape index (κ1) is 29.6. The first-order valence-electron chi connectivity index (χ1n) is 18.0. The molecule has 0 saturated heterocycles. The van der Waals surface area contributed by atoms with Crippen molar-refractivity contribution in [3.05, 3.63) is 188 Å². The highest BCUT2D eigenvalue weighted by Gasteiger charge is 2.19. The van der Waals surface area contributed by atoms with Crippen LogP contribution in [0.3, 0.4) is 0 Å². The number of para-hydroxylation sites is 2. The number of hydrogen-bond acceptors (Lipinski definition) is 3. The van der Waals surface area contributed by atoms with Gasteiger partial charge in [0.25, 0.3) is 0 Å². The molecule has 0 radical (unpaired) electrons. The van der Waals surface area contributed by atoms with Gasteiger partial charge in [0.2, 0.25) is 0 Å². The minimum absolute atomic E-state index is 0.881. The lowest BCUT2D eigenvalue weighted by Gasteiger charge is -2.25. The summed E-state index contributed by atoms with van der Waals surface area (Å²) in [4.78, 5) is 2.31. The van der Waals surface area contributed by atoms with Crippen molar-refractivity contribution < 1.29 is 8.83 Å². The van der Waals surface area contributed by atoms with Gasteiger partial charge in [-0.3, -0.25) is 0 Å². The number of fused-ring (bicyclic) bond motifs is 10. The normalized spacial score (nSPS) is 11.8. The second-order valence-corrected chi connectivity index (χ2v) is 13.7. The molecule has 0 saturated carbocycles. The zero-order valence-corrected chi connectivity index (χ0v) is 28.7. The van der Waals surface area contributed by atoms with Gasteiger partial charge in [0.05, 0.1) is 0 Å². The highest BCUT2D eigenvalue weighted by atomic mass is 16.3. The largest absolute Gasteiger partial charge is 0.456 e. The highest BCUT2D eigenvalue weighted by molar-refractivity contribution is 6.21. The monoisotopic (exact) mass is 677 g/mol. The Morgan fingerprint density at radius 3 is 1.77 bits per heavy atom. The van der Waals surface area contributed by atoms with Crippen LogP contribution in [0.1, 0.15) is 0 Å². The smallest absolute Gasteiger partial charge is 0.143 e. The second kappa shape index (κ2) is 11.7. The SMILES string of the molecule is c1ccc(-c2cc3c4cccc(-c5ccc(N(c6ccccc6)c6ccc7oc8ccc9ccccc9c8c7c6)cc5)c4oc3c3ccccc23)cc1. The van der Waals surface area contributed by atoms with Gasteiger partial charge in [-0.05, 0) is 87.4 Å². The van der Waals surface area contributed by atoms with Crippen LogP contribution in [0.15, 0.2) is 197 Å². The topological polar surface area (TPSA) is 29.5 Å². The van der Waals surface area contributed by atoms with Gasteiger partial charge in [0, 0.05) is 49.6 Å². The summed E-state index contributed by atoms with van der Waals surface area (Å²) in [6, 6.07) is 66.6. The van der Waals surface area contributed by atoms with Crippen LogP contribution in [0.25, 0.3) is 87.7 Å². The third kappa shape index (κ3) is 4.68. The molecule has 248 valence electrons. The van der Waals surface area contributed by atoms with Crippen LogP contribution in [-0.2, 0) is 0 Å². The van der Waals surface area contributed by atoms with Crippen LogP contribution < -0.4 is 4.90 Å². The van der Waals surface area contributed by atoms with Crippen LogP contribution >= 0.6 is 0 Å². The predicted molar refractivity (Wildman–Crippen MR) is 222 cm³/mol. The Hall–Kier alpha value is -7.10. The summed E-state index contributed by atoms with van der Waals surface area (Å²) in [5.41, 5.74) is 11.4. The van der Waals surface area contributed by atoms with Gasteiger partial charge >= 0.3 is 0 Å². The first-order chi connectivity index (χ1) is 26.3. The predicted octanol–water partition coefficient (Wildman–Crippen LogP) is 14.6. The van der Waals surface area contributed by atoms with Crippen molar-refractivity contribution in [2.45, 2.75) is 0 Å². The molecule has 0 fully saturated rings. The fourth-order valence-electron chi connectivity index (χ4n) is 8.19. The third-order valence-corrected chi connectivity index (χ3v) is 10.6. The van der Waals surface area contributed by atoms with E-state index in [1.165, 1.54) is 27.3 Å². The zero-order valence-electron chi connectivity index (χ0n) is 28.7. The maximum Gasteiger partial charge on any atom is 0.143 e. The van der Waals surface area contributed by atoms with Crippen molar-refractivity contribution in [3.63, 3.8) is 0 Å². The molecular weight excluding hydrogens is 647 g/mol. The Morgan fingerprint density at radius 2 is 0.943 bits per heavy atom. The first-order valence-corrected chi connectivity index (χ1v) is 18.0. The standard InChI is InChI=1S/C50H31NO2/c1-3-12-32(13-4-1)43-31-44-42-21-11-20-39(49(42)53-50(44)41-19-10-9-18-40(41)43)34-22-25-36(26-23-34)51(35-15-5-2-6-16-35)37-27-29-46-45(30-37)48-38-17-8-7-14-33(38)24-28-47(48)52-46/h1-31H. The number of rotatable bonds is 5. The van der Waals surface area contributed by atoms with E-state index in [9.17, 15) is 0 Å². The second-order valence-electron chi connectivity index (χ2n) is 13.7. The average Bonchev–Trinajstić information content (AvgIpc) is 3.80. The Bertz CT molecular complexity index is 3160. The van der Waals surface area contributed by atoms with Gasteiger partial charge in [-0.2, -0.15) is 0 Å². The molecule has 3 nitrogen and oxygen atoms in total. The van der Waals surface area contributed by atoms with Crippen molar-refractivity contribution in [2.75, 3.05) is 4.90 Å². The molecule has 0 unspecified atom stereocenters. The van der Waals surface area contributed by atoms with E-state index in [2.05, 4.69) is 193 Å². The highest BCUT2D eigenvalue weighted by Crippen LogP contribution is 2.44. The van der Waals surface area contributed by atoms with E-state index < -0.39 is 0 Å². The quantitative estimate of drug-likeness (QED) is 0.182. The van der Waals surface area contributed by atoms with E-state index in [1.807, 2.05) is 0 Å². The molecule has 0 atom stereocenters. The summed E-state index contributed by atoms with van der Waals surface area (Å²) < 4.78 is 13.2. The lowest BCUT2D eigenvalue weighted by atomic mass is 9.95. The number of nitrogens with zero attached hydrogens (tertiary/aromatic N) is 1. The van der Waals surface area contributed by atoms with E-state index in [4.69, 9.17) is 8.83 Å². The van der Waals surface area contributed by atoms with Crippen LogP contribution in [0.2, 0.25) is 0 Å². The molecule has 0 spiro atoms. The molecule has 2 aromatic heterocycles. The van der Waals surface area contributed by atoms with E-state index in [0.717, 1.165) is 77.5 Å². The van der Waals surface area contributed by atoms with E-state index in [0.29, 0.717) is 0 Å². The molecule has 3 heteroatoms. The summed E-state index contributed by atoms with van der Waals surface area (Å²) in [7, 11) is 0. The maximum absolute atomic E-state index is 6.84. The Kier molecular flexibility index (Phi) is 6.55. The van der Waals surface area contributed by atoms with Gasteiger partial charge in [-0.15, -0.1) is 0 Å². The van der Waals surface area contributed by atoms with Gasteiger partial charge in [-0.25, -0.2) is 0 Å². The molecule has 0 N–H and O–H groups in total. The Balaban J connectivity index is 1.05. The summed E-state index contributed by atoms with van der Waals surface area (Å²) in [5, 5.41) is 9.19. The molecule has 11 aromatic rings. The minimum Gasteiger partial charge on any atom is -0.456 e. The lowest BCUT2D eigenvalue weighted by Crippen LogP contribution is -2.09. The summed E-state index contributed by atoms with van der Waals surface area (Å²) in [6.45, 7) is 0. The summed E-state index contributed by atoms with van der Waals surface area (Å²) >= 11 is 0. The molecule has 0 aliphatic carbocycles. The molecule has 0 aliphatic rings. The molecule has 9 aromatic carbocycles. The van der Waals surface area contributed by atoms with Crippen LogP contribution in [0.5, 0.6) is 0 Å². The van der Waals surface area contributed by atoms with Crippen molar-refractivity contribution in [1.82, 2.24) is 0 Å². The molecule has 0 amide bonds. The molecule has 2 heterocycles.